The largest absolute Gasteiger partial charge is 0.489 e. The van der Waals surface area contributed by atoms with Gasteiger partial charge in [0.25, 0.3) is 5.91 Å². The van der Waals surface area contributed by atoms with Crippen LogP contribution in [0.25, 0.3) is 0 Å². The summed E-state index contributed by atoms with van der Waals surface area (Å²) in [5, 5.41) is 2.45. The lowest BCUT2D eigenvalue weighted by molar-refractivity contribution is -0.116. The molecule has 1 amide bonds. The van der Waals surface area contributed by atoms with Gasteiger partial charge in [-0.3, -0.25) is 9.59 Å². The number of halogens is 3. The summed E-state index contributed by atoms with van der Waals surface area (Å²) in [6.45, 7) is 3.55. The first-order valence-corrected chi connectivity index (χ1v) is 9.87. The molecule has 0 radical (unpaired) electrons. The smallest absolute Gasteiger partial charge is 0.257 e. The lowest BCUT2D eigenvalue weighted by Crippen LogP contribution is -2.15. The van der Waals surface area contributed by atoms with Gasteiger partial charge in [-0.05, 0) is 49.2 Å². The number of hydrogen-bond acceptors (Lipinski definition) is 3. The minimum absolute atomic E-state index is 0.0519. The van der Waals surface area contributed by atoms with Crippen LogP contribution in [-0.4, -0.2) is 11.7 Å². The van der Waals surface area contributed by atoms with E-state index in [1.54, 1.807) is 6.07 Å². The lowest BCUT2D eigenvalue weighted by atomic mass is 10.1. The van der Waals surface area contributed by atoms with Crippen LogP contribution in [0.5, 0.6) is 5.75 Å². The van der Waals surface area contributed by atoms with Gasteiger partial charge in [0, 0.05) is 12.5 Å². The zero-order valence-electron chi connectivity index (χ0n) is 17.0. The first-order valence-electron chi connectivity index (χ1n) is 9.49. The van der Waals surface area contributed by atoms with Crippen molar-refractivity contribution in [3.63, 3.8) is 0 Å². The van der Waals surface area contributed by atoms with E-state index in [2.05, 4.69) is 5.32 Å². The fourth-order valence-electron chi connectivity index (χ4n) is 3.01. The molecule has 0 unspecified atom stereocenters. The standard InChI is InChI=1S/C24H20ClF2NO3/c1-14-4-3-5-16(8-14)13-31-18-6-7-20(25)19(11-18)24(30)28-23-12-21(26)17(9-15(2)29)10-22(23)27/h3-8,10-12H,9,13H2,1-2H3,(H,28,30). The van der Waals surface area contributed by atoms with Crippen LogP contribution in [0.1, 0.15) is 34.0 Å². The van der Waals surface area contributed by atoms with Gasteiger partial charge in [-0.25, -0.2) is 8.78 Å². The predicted octanol–water partition coefficient (Wildman–Crippen LogP) is 5.89. The molecule has 0 aliphatic rings. The molecule has 0 aliphatic carbocycles. The van der Waals surface area contributed by atoms with Crippen molar-refractivity contribution in [3.8, 4) is 5.75 Å². The molecule has 0 atom stereocenters. The third-order valence-electron chi connectivity index (χ3n) is 4.49. The van der Waals surface area contributed by atoms with Crippen LogP contribution in [0.15, 0.2) is 54.6 Å². The fourth-order valence-corrected chi connectivity index (χ4v) is 3.22. The van der Waals surface area contributed by atoms with Crippen molar-refractivity contribution in [1.29, 1.82) is 0 Å². The first-order chi connectivity index (χ1) is 14.7. The number of carbonyl (C=O) groups is 2. The van der Waals surface area contributed by atoms with Gasteiger partial charge < -0.3 is 10.1 Å². The molecule has 4 nitrogen and oxygen atoms in total. The molecule has 0 saturated heterocycles. The molecule has 0 aromatic heterocycles. The average molecular weight is 444 g/mol. The molecule has 3 aromatic rings. The van der Waals surface area contributed by atoms with Gasteiger partial charge in [0.2, 0.25) is 0 Å². The summed E-state index contributed by atoms with van der Waals surface area (Å²) in [5.41, 5.74) is 1.69. The Morgan fingerprint density at radius 3 is 2.52 bits per heavy atom. The molecule has 1 N–H and O–H groups in total. The number of Topliss-reactive ketones (excluding diaryl/α,β-unsaturated/α-hetero) is 1. The first kappa shape index (κ1) is 22.4. The van der Waals surface area contributed by atoms with Gasteiger partial charge in [-0.15, -0.1) is 0 Å². The lowest BCUT2D eigenvalue weighted by Gasteiger charge is -2.12. The summed E-state index contributed by atoms with van der Waals surface area (Å²) in [5.74, 6) is -2.25. The highest BCUT2D eigenvalue weighted by Crippen LogP contribution is 2.26. The SMILES string of the molecule is CC(=O)Cc1cc(F)c(NC(=O)c2cc(OCc3cccc(C)c3)ccc2Cl)cc1F. The predicted molar refractivity (Wildman–Crippen MR) is 116 cm³/mol. The van der Waals surface area contributed by atoms with Gasteiger partial charge in [0.15, 0.2) is 0 Å². The monoisotopic (exact) mass is 443 g/mol. The molecule has 0 spiro atoms. The van der Waals surface area contributed by atoms with Gasteiger partial charge in [0.05, 0.1) is 16.3 Å². The van der Waals surface area contributed by atoms with Crippen LogP contribution >= 0.6 is 11.6 Å². The highest BCUT2D eigenvalue weighted by atomic mass is 35.5. The molecule has 0 saturated carbocycles. The number of carbonyl (C=O) groups excluding carboxylic acids is 2. The Morgan fingerprint density at radius 1 is 1.03 bits per heavy atom. The summed E-state index contributed by atoms with van der Waals surface area (Å²) in [4.78, 5) is 23.8. The minimum atomic E-state index is -0.853. The maximum Gasteiger partial charge on any atom is 0.257 e. The molecule has 160 valence electrons. The molecule has 7 heteroatoms. The highest BCUT2D eigenvalue weighted by Gasteiger charge is 2.17. The Labute approximate surface area is 183 Å². The fraction of sp³-hybridized carbons (Fsp3) is 0.167. The number of anilines is 1. The van der Waals surface area contributed by atoms with Crippen molar-refractivity contribution in [1.82, 2.24) is 0 Å². The summed E-state index contributed by atoms with van der Waals surface area (Å²) in [6.07, 6.45) is -0.233. The zero-order chi connectivity index (χ0) is 22.5. The van der Waals surface area contributed by atoms with Crippen LogP contribution in [0.4, 0.5) is 14.5 Å². The van der Waals surface area contributed by atoms with Gasteiger partial charge in [-0.2, -0.15) is 0 Å². The average Bonchev–Trinajstić information content (AvgIpc) is 2.70. The van der Waals surface area contributed by atoms with Crippen molar-refractivity contribution in [2.75, 3.05) is 5.32 Å². The Morgan fingerprint density at radius 2 is 1.81 bits per heavy atom. The van der Waals surface area contributed by atoms with Gasteiger partial charge in [0.1, 0.15) is 29.8 Å². The summed E-state index contributed by atoms with van der Waals surface area (Å²) < 4.78 is 34.2. The van der Waals surface area contributed by atoms with E-state index >= 15 is 0 Å². The topological polar surface area (TPSA) is 55.4 Å². The number of nitrogens with one attached hydrogen (secondary N) is 1. The molecule has 0 aliphatic heterocycles. The third kappa shape index (κ3) is 5.89. The second kappa shape index (κ2) is 9.71. The van der Waals surface area contributed by atoms with Crippen molar-refractivity contribution >= 4 is 29.0 Å². The van der Waals surface area contributed by atoms with Crippen LogP contribution in [0.2, 0.25) is 5.02 Å². The van der Waals surface area contributed by atoms with Crippen molar-refractivity contribution in [2.45, 2.75) is 26.9 Å². The summed E-state index contributed by atoms with van der Waals surface area (Å²) in [7, 11) is 0. The number of ketones is 1. The molecule has 0 heterocycles. The number of aryl methyl sites for hydroxylation is 1. The van der Waals surface area contributed by atoms with Crippen LogP contribution in [0, 0.1) is 18.6 Å². The molecule has 31 heavy (non-hydrogen) atoms. The van der Waals surface area contributed by atoms with E-state index in [4.69, 9.17) is 16.3 Å². The van der Waals surface area contributed by atoms with Gasteiger partial charge >= 0.3 is 0 Å². The van der Waals surface area contributed by atoms with Crippen LogP contribution in [0.3, 0.4) is 0 Å². The summed E-state index contributed by atoms with van der Waals surface area (Å²) >= 11 is 6.13. The number of benzene rings is 3. The third-order valence-corrected chi connectivity index (χ3v) is 4.82. The van der Waals surface area contributed by atoms with E-state index in [0.717, 1.165) is 23.3 Å². The zero-order valence-corrected chi connectivity index (χ0v) is 17.7. The number of rotatable bonds is 7. The maximum absolute atomic E-state index is 14.3. The van der Waals surface area contributed by atoms with Crippen molar-refractivity contribution < 1.29 is 23.1 Å². The van der Waals surface area contributed by atoms with Crippen LogP contribution < -0.4 is 10.1 Å². The van der Waals surface area contributed by atoms with Gasteiger partial charge in [-0.1, -0.05) is 41.4 Å². The van der Waals surface area contributed by atoms with E-state index in [1.807, 2.05) is 31.2 Å². The molecule has 0 bridgehead atoms. The Kier molecular flexibility index (Phi) is 7.02. The Balaban J connectivity index is 1.76. The minimum Gasteiger partial charge on any atom is -0.489 e. The molecular formula is C24H20ClF2NO3. The number of amides is 1. The highest BCUT2D eigenvalue weighted by molar-refractivity contribution is 6.34. The summed E-state index contributed by atoms with van der Waals surface area (Å²) in [6, 6.07) is 14.1. The van der Waals surface area contributed by atoms with Crippen LogP contribution in [-0.2, 0) is 17.8 Å². The van der Waals surface area contributed by atoms with E-state index in [0.29, 0.717) is 12.4 Å². The van der Waals surface area contributed by atoms with Crippen molar-refractivity contribution in [3.05, 3.63) is 93.5 Å². The Hall–Kier alpha value is -3.25. The quantitative estimate of drug-likeness (QED) is 0.495. The molecule has 3 aromatic carbocycles. The van der Waals surface area contributed by atoms with Crippen molar-refractivity contribution in [2.24, 2.45) is 0 Å². The number of hydrogen-bond donors (Lipinski definition) is 1. The van der Waals surface area contributed by atoms with E-state index in [1.165, 1.54) is 19.1 Å². The van der Waals surface area contributed by atoms with E-state index in [-0.39, 0.29) is 34.0 Å². The number of ether oxygens (including phenoxy) is 1. The molecule has 0 fully saturated rings. The maximum atomic E-state index is 14.3. The van der Waals surface area contributed by atoms with E-state index in [9.17, 15) is 18.4 Å². The Bertz CT molecular complexity index is 1150. The second-order valence-electron chi connectivity index (χ2n) is 7.18. The second-order valence-corrected chi connectivity index (χ2v) is 7.58. The normalized spacial score (nSPS) is 10.6. The molecule has 3 rings (SSSR count). The van der Waals surface area contributed by atoms with E-state index < -0.39 is 17.5 Å². The molecular weight excluding hydrogens is 424 g/mol.